The van der Waals surface area contributed by atoms with Crippen molar-refractivity contribution in [1.82, 2.24) is 10.3 Å². The first-order chi connectivity index (χ1) is 12.3. The molecule has 3 rings (SSSR count). The SMILES string of the molecule is Cc1ccc(-c2nc(NC(CC(C)C)C(N)=O)c(F)c3c2C(=O)NC3)s1. The maximum Gasteiger partial charge on any atom is 0.254 e. The van der Waals surface area contributed by atoms with E-state index < -0.39 is 17.8 Å². The summed E-state index contributed by atoms with van der Waals surface area (Å²) in [6.45, 7) is 5.95. The predicted molar refractivity (Wildman–Crippen MR) is 99.5 cm³/mol. The van der Waals surface area contributed by atoms with Gasteiger partial charge in [0.2, 0.25) is 5.91 Å². The Morgan fingerprint density at radius 3 is 2.77 bits per heavy atom. The van der Waals surface area contributed by atoms with Gasteiger partial charge in [-0.2, -0.15) is 0 Å². The zero-order chi connectivity index (χ0) is 19.0. The van der Waals surface area contributed by atoms with Crippen LogP contribution in [0.4, 0.5) is 10.2 Å². The van der Waals surface area contributed by atoms with E-state index >= 15 is 0 Å². The quantitative estimate of drug-likeness (QED) is 0.722. The summed E-state index contributed by atoms with van der Waals surface area (Å²) >= 11 is 1.47. The number of hydrogen-bond acceptors (Lipinski definition) is 5. The predicted octanol–water partition coefficient (Wildman–Crippen LogP) is 2.81. The number of thiophene rings is 1. The molecule has 3 heterocycles. The molecule has 1 aliphatic heterocycles. The Balaban J connectivity index is 2.09. The number of primary amides is 1. The molecule has 0 fully saturated rings. The van der Waals surface area contributed by atoms with Gasteiger partial charge in [-0.25, -0.2) is 9.37 Å². The lowest BCUT2D eigenvalue weighted by Crippen LogP contribution is -2.37. The molecule has 6 nitrogen and oxygen atoms in total. The van der Waals surface area contributed by atoms with Gasteiger partial charge >= 0.3 is 0 Å². The molecular formula is C18H21FN4O2S. The van der Waals surface area contributed by atoms with Crippen LogP contribution in [-0.4, -0.2) is 22.8 Å². The molecule has 0 aromatic carbocycles. The van der Waals surface area contributed by atoms with Crippen LogP contribution in [0.15, 0.2) is 12.1 Å². The largest absolute Gasteiger partial charge is 0.368 e. The van der Waals surface area contributed by atoms with Gasteiger partial charge in [-0.15, -0.1) is 11.3 Å². The maximum atomic E-state index is 14.9. The minimum Gasteiger partial charge on any atom is -0.368 e. The molecule has 0 radical (unpaired) electrons. The topological polar surface area (TPSA) is 97.1 Å². The van der Waals surface area contributed by atoms with Crippen LogP contribution in [0.25, 0.3) is 10.6 Å². The molecule has 4 N–H and O–H groups in total. The number of nitrogens with zero attached hydrogens (tertiary/aromatic N) is 1. The van der Waals surface area contributed by atoms with Gasteiger partial charge in [0.15, 0.2) is 11.6 Å². The summed E-state index contributed by atoms with van der Waals surface area (Å²) in [5, 5.41) is 5.49. The number of nitrogens with one attached hydrogen (secondary N) is 2. The second-order valence-electron chi connectivity index (χ2n) is 6.80. The zero-order valence-corrected chi connectivity index (χ0v) is 15.7. The molecule has 1 aliphatic rings. The van der Waals surface area contributed by atoms with Gasteiger partial charge in [0, 0.05) is 17.0 Å². The van der Waals surface area contributed by atoms with Crippen molar-refractivity contribution >= 4 is 29.0 Å². The van der Waals surface area contributed by atoms with Crippen LogP contribution in [0.5, 0.6) is 0 Å². The van der Waals surface area contributed by atoms with Crippen LogP contribution in [-0.2, 0) is 11.3 Å². The van der Waals surface area contributed by atoms with Crippen molar-refractivity contribution in [2.75, 3.05) is 5.32 Å². The van der Waals surface area contributed by atoms with Gasteiger partial charge in [0.25, 0.3) is 5.91 Å². The Morgan fingerprint density at radius 1 is 1.46 bits per heavy atom. The molecule has 0 bridgehead atoms. The van der Waals surface area contributed by atoms with E-state index in [1.807, 2.05) is 32.9 Å². The molecule has 0 saturated carbocycles. The van der Waals surface area contributed by atoms with E-state index in [2.05, 4.69) is 15.6 Å². The van der Waals surface area contributed by atoms with Gasteiger partial charge in [-0.3, -0.25) is 9.59 Å². The standard InChI is InChI=1S/C18H21FN4O2S/c1-8(2)6-11(16(20)24)22-17-14(19)10-7-21-18(25)13(10)15(23-17)12-5-4-9(3)26-12/h4-5,8,11H,6-7H2,1-3H3,(H2,20,24)(H,21,25)(H,22,23). The van der Waals surface area contributed by atoms with Gasteiger partial charge in [0.1, 0.15) is 6.04 Å². The average Bonchev–Trinajstić information content (AvgIpc) is 3.15. The first-order valence-corrected chi connectivity index (χ1v) is 9.22. The summed E-state index contributed by atoms with van der Waals surface area (Å²) in [5.41, 5.74) is 6.40. The molecule has 26 heavy (non-hydrogen) atoms. The van der Waals surface area contributed by atoms with Crippen LogP contribution in [0.1, 0.15) is 41.1 Å². The molecule has 2 aromatic rings. The molecule has 138 valence electrons. The Labute approximate surface area is 155 Å². The second kappa shape index (κ2) is 7.03. The van der Waals surface area contributed by atoms with Crippen LogP contribution in [0, 0.1) is 18.7 Å². The van der Waals surface area contributed by atoms with E-state index in [0.29, 0.717) is 12.1 Å². The van der Waals surface area contributed by atoms with Crippen molar-refractivity contribution in [2.45, 2.75) is 39.8 Å². The molecular weight excluding hydrogens is 355 g/mol. The summed E-state index contributed by atoms with van der Waals surface area (Å²) in [5.74, 6) is -1.38. The third kappa shape index (κ3) is 3.41. The number of carbonyl (C=O) groups is 2. The second-order valence-corrected chi connectivity index (χ2v) is 8.09. The number of halogens is 1. The highest BCUT2D eigenvalue weighted by molar-refractivity contribution is 7.15. The van der Waals surface area contributed by atoms with Gasteiger partial charge in [0.05, 0.1) is 16.1 Å². The Morgan fingerprint density at radius 2 is 2.19 bits per heavy atom. The lowest BCUT2D eigenvalue weighted by atomic mass is 10.0. The third-order valence-electron chi connectivity index (χ3n) is 4.22. The van der Waals surface area contributed by atoms with Crippen molar-refractivity contribution in [1.29, 1.82) is 0 Å². The molecule has 2 amide bonds. The summed E-state index contributed by atoms with van der Waals surface area (Å²) in [7, 11) is 0. The Bertz CT molecular complexity index is 878. The molecule has 1 atom stereocenters. The number of pyridine rings is 1. The van der Waals surface area contributed by atoms with Crippen molar-refractivity contribution in [2.24, 2.45) is 11.7 Å². The van der Waals surface area contributed by atoms with Gasteiger partial charge < -0.3 is 16.4 Å². The summed E-state index contributed by atoms with van der Waals surface area (Å²) in [6.07, 6.45) is 0.457. The summed E-state index contributed by atoms with van der Waals surface area (Å²) < 4.78 is 14.9. The average molecular weight is 376 g/mol. The minimum atomic E-state index is -0.738. The fourth-order valence-electron chi connectivity index (χ4n) is 3.00. The number of rotatable bonds is 6. The zero-order valence-electron chi connectivity index (χ0n) is 14.9. The third-order valence-corrected chi connectivity index (χ3v) is 5.23. The van der Waals surface area contributed by atoms with E-state index in [1.165, 1.54) is 11.3 Å². The first-order valence-electron chi connectivity index (χ1n) is 8.41. The summed E-state index contributed by atoms with van der Waals surface area (Å²) in [6, 6.07) is 3.04. The normalized spacial score (nSPS) is 14.3. The van der Waals surface area contributed by atoms with Crippen molar-refractivity contribution in [3.63, 3.8) is 0 Å². The van der Waals surface area contributed by atoms with Crippen LogP contribution >= 0.6 is 11.3 Å². The van der Waals surface area contributed by atoms with Gasteiger partial charge in [-0.05, 0) is 31.4 Å². The highest BCUT2D eigenvalue weighted by Crippen LogP contribution is 2.36. The van der Waals surface area contributed by atoms with E-state index in [4.69, 9.17) is 5.73 Å². The number of carbonyl (C=O) groups excluding carboxylic acids is 2. The number of fused-ring (bicyclic) bond motifs is 1. The van der Waals surface area contributed by atoms with E-state index in [0.717, 1.165) is 9.75 Å². The molecule has 2 aromatic heterocycles. The molecule has 8 heteroatoms. The van der Waals surface area contributed by atoms with E-state index in [9.17, 15) is 14.0 Å². The number of amides is 2. The molecule has 0 saturated heterocycles. The monoisotopic (exact) mass is 376 g/mol. The first kappa shape index (κ1) is 18.3. The van der Waals surface area contributed by atoms with Crippen LogP contribution in [0.3, 0.4) is 0 Å². The Hall–Kier alpha value is -2.48. The van der Waals surface area contributed by atoms with E-state index in [-0.39, 0.29) is 35.3 Å². The fourth-order valence-corrected chi connectivity index (χ4v) is 3.86. The van der Waals surface area contributed by atoms with Crippen LogP contribution in [0.2, 0.25) is 0 Å². The minimum absolute atomic E-state index is 0.0502. The maximum absolute atomic E-state index is 14.9. The van der Waals surface area contributed by atoms with Crippen LogP contribution < -0.4 is 16.4 Å². The fraction of sp³-hybridized carbons (Fsp3) is 0.389. The number of hydrogen-bond donors (Lipinski definition) is 3. The smallest absolute Gasteiger partial charge is 0.254 e. The number of nitrogens with two attached hydrogens (primary N) is 1. The number of aryl methyl sites for hydroxylation is 1. The molecule has 1 unspecified atom stereocenters. The molecule has 0 spiro atoms. The number of aromatic nitrogens is 1. The highest BCUT2D eigenvalue weighted by Gasteiger charge is 2.31. The van der Waals surface area contributed by atoms with Crippen molar-refractivity contribution < 1.29 is 14.0 Å². The summed E-state index contributed by atoms with van der Waals surface area (Å²) in [4.78, 5) is 30.1. The van der Waals surface area contributed by atoms with E-state index in [1.54, 1.807) is 0 Å². The lowest BCUT2D eigenvalue weighted by molar-refractivity contribution is -0.119. The van der Waals surface area contributed by atoms with Gasteiger partial charge in [-0.1, -0.05) is 13.8 Å². The van der Waals surface area contributed by atoms with Crippen molar-refractivity contribution in [3.05, 3.63) is 34.0 Å². The number of anilines is 1. The lowest BCUT2D eigenvalue weighted by Gasteiger charge is -2.19. The van der Waals surface area contributed by atoms with Crippen molar-refractivity contribution in [3.8, 4) is 10.6 Å². The Kier molecular flexibility index (Phi) is 4.95. The highest BCUT2D eigenvalue weighted by atomic mass is 32.1. The molecule has 0 aliphatic carbocycles.